The monoisotopic (exact) mass is 418 g/mol. The van der Waals surface area contributed by atoms with Crippen molar-refractivity contribution in [3.05, 3.63) is 65.1 Å². The van der Waals surface area contributed by atoms with Gasteiger partial charge in [-0.3, -0.25) is 0 Å². The number of thiazole rings is 1. The molecule has 0 amide bonds. The molecule has 4 rings (SSSR count). The molecule has 0 aliphatic heterocycles. The zero-order valence-corrected chi connectivity index (χ0v) is 16.3. The lowest BCUT2D eigenvalue weighted by Gasteiger charge is -2.01. The molecule has 0 fully saturated rings. The number of hydrogen-bond donors (Lipinski definition) is 1. The van der Waals surface area contributed by atoms with Crippen LogP contribution in [0, 0.1) is 5.82 Å². The maximum atomic E-state index is 13.1. The summed E-state index contributed by atoms with van der Waals surface area (Å²) in [5.74, 6) is 0.291. The van der Waals surface area contributed by atoms with Crippen molar-refractivity contribution in [2.24, 2.45) is 0 Å². The second-order valence-electron chi connectivity index (χ2n) is 6.16. The van der Waals surface area contributed by atoms with E-state index < -0.39 is 10.0 Å². The molecule has 0 saturated carbocycles. The minimum atomic E-state index is -3.33. The minimum Gasteiger partial charge on any atom is -0.423 e. The number of nitrogens with one attached hydrogen (secondary N) is 1. The van der Waals surface area contributed by atoms with E-state index in [2.05, 4.69) is 19.9 Å². The third kappa shape index (κ3) is 4.41. The second kappa shape index (κ2) is 7.38. The van der Waals surface area contributed by atoms with Gasteiger partial charge in [0.1, 0.15) is 10.8 Å². The molecule has 1 N–H and O–H groups in total. The highest BCUT2D eigenvalue weighted by molar-refractivity contribution is 7.88. The van der Waals surface area contributed by atoms with E-state index in [-0.39, 0.29) is 18.3 Å². The first kappa shape index (κ1) is 18.7. The number of rotatable bonds is 6. The van der Waals surface area contributed by atoms with E-state index in [1.54, 1.807) is 12.1 Å². The van der Waals surface area contributed by atoms with Crippen LogP contribution in [0.4, 0.5) is 4.39 Å². The van der Waals surface area contributed by atoms with Crippen LogP contribution in [0.2, 0.25) is 0 Å². The molecule has 144 valence electrons. The van der Waals surface area contributed by atoms with Gasteiger partial charge in [0, 0.05) is 0 Å². The van der Waals surface area contributed by atoms with Crippen molar-refractivity contribution in [2.75, 3.05) is 6.26 Å². The fourth-order valence-electron chi connectivity index (χ4n) is 2.62. The summed E-state index contributed by atoms with van der Waals surface area (Å²) in [5, 5.41) is 8.57. The molecule has 4 aromatic rings. The van der Waals surface area contributed by atoms with Gasteiger partial charge in [0.15, 0.2) is 0 Å². The van der Waals surface area contributed by atoms with E-state index in [0.717, 1.165) is 32.6 Å². The first-order valence-electron chi connectivity index (χ1n) is 8.27. The van der Waals surface area contributed by atoms with Crippen molar-refractivity contribution in [1.29, 1.82) is 0 Å². The Morgan fingerprint density at radius 3 is 2.54 bits per heavy atom. The van der Waals surface area contributed by atoms with Gasteiger partial charge in [-0.1, -0.05) is 18.2 Å². The molecular weight excluding hydrogens is 403 g/mol. The summed E-state index contributed by atoms with van der Waals surface area (Å²) >= 11 is 1.51. The normalized spacial score (nSPS) is 11.9. The van der Waals surface area contributed by atoms with Crippen molar-refractivity contribution in [3.63, 3.8) is 0 Å². The number of fused-ring (bicyclic) bond motifs is 1. The lowest BCUT2D eigenvalue weighted by Crippen LogP contribution is -2.21. The Kier molecular flexibility index (Phi) is 4.92. The Labute approximate surface area is 164 Å². The Morgan fingerprint density at radius 2 is 1.79 bits per heavy atom. The average Bonchev–Trinajstić information content (AvgIpc) is 3.25. The van der Waals surface area contributed by atoms with Crippen LogP contribution in [0.1, 0.15) is 16.8 Å². The zero-order valence-electron chi connectivity index (χ0n) is 14.7. The van der Waals surface area contributed by atoms with Gasteiger partial charge in [-0.05, 0) is 35.4 Å². The fourth-order valence-corrected chi connectivity index (χ4v) is 4.01. The summed E-state index contributed by atoms with van der Waals surface area (Å²) in [4.78, 5) is 4.57. The lowest BCUT2D eigenvalue weighted by atomic mass is 10.1. The van der Waals surface area contributed by atoms with Gasteiger partial charge in [0.05, 0.1) is 29.4 Å². The highest BCUT2D eigenvalue weighted by atomic mass is 32.2. The highest BCUT2D eigenvalue weighted by Gasteiger charge is 2.12. The van der Waals surface area contributed by atoms with Crippen LogP contribution in [-0.4, -0.2) is 29.9 Å². The highest BCUT2D eigenvalue weighted by Crippen LogP contribution is 2.29. The number of nitrogens with zero attached hydrogens (tertiary/aromatic N) is 3. The van der Waals surface area contributed by atoms with Crippen LogP contribution in [0.25, 0.3) is 21.3 Å². The van der Waals surface area contributed by atoms with Crippen LogP contribution >= 0.6 is 11.3 Å². The van der Waals surface area contributed by atoms with E-state index in [9.17, 15) is 12.8 Å². The van der Waals surface area contributed by atoms with Crippen LogP contribution in [0.5, 0.6) is 0 Å². The summed E-state index contributed by atoms with van der Waals surface area (Å²) in [5.41, 5.74) is 2.76. The molecule has 0 bridgehead atoms. The van der Waals surface area contributed by atoms with Crippen LogP contribution < -0.4 is 4.72 Å². The molecule has 7 nitrogen and oxygen atoms in total. The maximum Gasteiger partial charge on any atom is 0.231 e. The van der Waals surface area contributed by atoms with Crippen molar-refractivity contribution in [1.82, 2.24) is 19.9 Å². The third-order valence-corrected chi connectivity index (χ3v) is 5.59. The molecule has 0 aliphatic rings. The van der Waals surface area contributed by atoms with E-state index >= 15 is 0 Å². The number of hydrogen-bond acceptors (Lipinski definition) is 7. The summed E-state index contributed by atoms with van der Waals surface area (Å²) in [6.45, 7) is -0.0489. The first-order valence-corrected chi connectivity index (χ1v) is 11.0. The Hall–Kier alpha value is -2.69. The molecule has 2 aromatic heterocycles. The van der Waals surface area contributed by atoms with Gasteiger partial charge < -0.3 is 4.42 Å². The van der Waals surface area contributed by atoms with Gasteiger partial charge >= 0.3 is 0 Å². The average molecular weight is 418 g/mol. The quantitative estimate of drug-likeness (QED) is 0.517. The number of aromatic nitrogens is 3. The summed E-state index contributed by atoms with van der Waals surface area (Å²) in [6, 6.07) is 12.2. The van der Waals surface area contributed by atoms with Crippen LogP contribution in [0.3, 0.4) is 0 Å². The Bertz CT molecular complexity index is 1230. The molecule has 0 aliphatic carbocycles. The molecule has 10 heteroatoms. The summed E-state index contributed by atoms with van der Waals surface area (Å²) < 4.78 is 44.1. The molecule has 2 heterocycles. The standard InChI is InChI=1S/C18H15FN4O3S2/c1-28(24,25)20-10-17-23-22-16(26-17)9-18-21-14-7-4-12(8-15(14)27-18)11-2-5-13(19)6-3-11/h2-8,20H,9-10H2,1H3. The Balaban J connectivity index is 1.52. The maximum absolute atomic E-state index is 13.1. The third-order valence-electron chi connectivity index (χ3n) is 3.91. The Morgan fingerprint density at radius 1 is 1.07 bits per heavy atom. The van der Waals surface area contributed by atoms with Gasteiger partial charge in [-0.2, -0.15) is 0 Å². The SMILES string of the molecule is CS(=O)(=O)NCc1nnc(Cc2nc3ccc(-c4ccc(F)cc4)cc3s2)o1. The predicted molar refractivity (Wildman–Crippen MR) is 104 cm³/mol. The van der Waals surface area contributed by atoms with Gasteiger partial charge in [0.2, 0.25) is 21.8 Å². The van der Waals surface area contributed by atoms with Crippen molar-refractivity contribution in [3.8, 4) is 11.1 Å². The van der Waals surface area contributed by atoms with Gasteiger partial charge in [-0.25, -0.2) is 22.5 Å². The molecule has 0 atom stereocenters. The van der Waals surface area contributed by atoms with Crippen molar-refractivity contribution >= 4 is 31.6 Å². The molecule has 0 unspecified atom stereocenters. The van der Waals surface area contributed by atoms with E-state index in [1.807, 2.05) is 18.2 Å². The fraction of sp³-hybridized carbons (Fsp3) is 0.167. The minimum absolute atomic E-state index is 0.0489. The number of halogens is 1. The summed E-state index contributed by atoms with van der Waals surface area (Å²) in [6.07, 6.45) is 1.42. The largest absolute Gasteiger partial charge is 0.423 e. The van der Waals surface area contributed by atoms with Crippen molar-refractivity contribution < 1.29 is 17.2 Å². The van der Waals surface area contributed by atoms with E-state index in [0.29, 0.717) is 12.3 Å². The van der Waals surface area contributed by atoms with Crippen LogP contribution in [-0.2, 0) is 23.0 Å². The molecule has 2 aromatic carbocycles. The second-order valence-corrected chi connectivity index (χ2v) is 9.10. The smallest absolute Gasteiger partial charge is 0.231 e. The molecule has 0 radical (unpaired) electrons. The lowest BCUT2D eigenvalue weighted by molar-refractivity contribution is 0.451. The van der Waals surface area contributed by atoms with Gasteiger partial charge in [0.25, 0.3) is 0 Å². The first-order chi connectivity index (χ1) is 13.4. The topological polar surface area (TPSA) is 98.0 Å². The van der Waals surface area contributed by atoms with E-state index in [4.69, 9.17) is 4.42 Å². The number of sulfonamides is 1. The van der Waals surface area contributed by atoms with Crippen LogP contribution in [0.15, 0.2) is 46.9 Å². The number of benzene rings is 2. The molecule has 0 spiro atoms. The molecule has 0 saturated heterocycles. The van der Waals surface area contributed by atoms with Crippen molar-refractivity contribution in [2.45, 2.75) is 13.0 Å². The molecular formula is C18H15FN4O3S2. The molecule has 28 heavy (non-hydrogen) atoms. The van der Waals surface area contributed by atoms with E-state index in [1.165, 1.54) is 23.5 Å². The predicted octanol–water partition coefficient (Wildman–Crippen LogP) is 3.13. The van der Waals surface area contributed by atoms with Gasteiger partial charge in [-0.15, -0.1) is 21.5 Å². The zero-order chi connectivity index (χ0) is 19.7. The summed E-state index contributed by atoms with van der Waals surface area (Å²) in [7, 11) is -3.33.